The smallest absolute Gasteiger partial charge is 0.305 e. The van der Waals surface area contributed by atoms with Crippen LogP contribution in [0.4, 0.5) is 4.39 Å². The van der Waals surface area contributed by atoms with E-state index in [0.717, 1.165) is 10.4 Å². The van der Waals surface area contributed by atoms with Crippen molar-refractivity contribution < 1.29 is 18.4 Å². The van der Waals surface area contributed by atoms with Crippen molar-refractivity contribution in [2.75, 3.05) is 0 Å². The van der Waals surface area contributed by atoms with E-state index in [1.54, 1.807) is 30.3 Å². The molecule has 122 valence electrons. The summed E-state index contributed by atoms with van der Waals surface area (Å²) < 4.78 is 18.4. The summed E-state index contributed by atoms with van der Waals surface area (Å²) in [6.07, 6.45) is 0. The summed E-state index contributed by atoms with van der Waals surface area (Å²) in [6.45, 7) is 0. The van der Waals surface area contributed by atoms with Crippen molar-refractivity contribution in [3.05, 3.63) is 69.7 Å². The van der Waals surface area contributed by atoms with Crippen LogP contribution in [0.25, 0.3) is 10.4 Å². The van der Waals surface area contributed by atoms with Crippen LogP contribution < -0.4 is 10.9 Å². The lowest BCUT2D eigenvalue weighted by Gasteiger charge is -2.04. The third-order valence-electron chi connectivity index (χ3n) is 3.05. The predicted octanol–water partition coefficient (Wildman–Crippen LogP) is 3.98. The molecule has 0 radical (unpaired) electrons. The minimum absolute atomic E-state index is 0.0698. The highest BCUT2D eigenvalue weighted by Crippen LogP contribution is 2.28. The second-order valence-electron chi connectivity index (χ2n) is 4.68. The van der Waals surface area contributed by atoms with Gasteiger partial charge in [0, 0.05) is 4.88 Å². The number of rotatable bonds is 3. The molecule has 0 bridgehead atoms. The average Bonchev–Trinajstić information content (AvgIpc) is 3.22. The zero-order valence-corrected chi connectivity index (χ0v) is 14.4. The number of hydrazine groups is 1. The minimum atomic E-state index is -0.565. The van der Waals surface area contributed by atoms with E-state index < -0.39 is 11.8 Å². The van der Waals surface area contributed by atoms with Gasteiger partial charge in [-0.15, -0.1) is 11.3 Å². The fraction of sp³-hybridized carbons (Fsp3) is 0. The van der Waals surface area contributed by atoms with Crippen LogP contribution in [0.3, 0.4) is 0 Å². The Morgan fingerprint density at radius 3 is 2.33 bits per heavy atom. The van der Waals surface area contributed by atoms with Crippen molar-refractivity contribution in [3.63, 3.8) is 0 Å². The van der Waals surface area contributed by atoms with Crippen LogP contribution in [0.2, 0.25) is 0 Å². The Morgan fingerprint density at radius 2 is 1.67 bits per heavy atom. The Kier molecular flexibility index (Phi) is 4.77. The van der Waals surface area contributed by atoms with Gasteiger partial charge in [0.25, 0.3) is 5.91 Å². The van der Waals surface area contributed by atoms with Crippen molar-refractivity contribution in [2.45, 2.75) is 0 Å². The number of benzene rings is 1. The van der Waals surface area contributed by atoms with Crippen molar-refractivity contribution in [1.82, 2.24) is 10.9 Å². The Morgan fingerprint density at radius 1 is 0.958 bits per heavy atom. The molecule has 2 N–H and O–H groups in total. The van der Waals surface area contributed by atoms with Crippen LogP contribution in [0.5, 0.6) is 0 Å². The van der Waals surface area contributed by atoms with Crippen LogP contribution in [0.1, 0.15) is 20.2 Å². The van der Waals surface area contributed by atoms with Crippen LogP contribution in [0.15, 0.2) is 57.6 Å². The molecule has 0 spiro atoms. The summed E-state index contributed by atoms with van der Waals surface area (Å²) in [6, 6.07) is 12.4. The molecule has 0 saturated heterocycles. The van der Waals surface area contributed by atoms with E-state index in [4.69, 9.17) is 4.42 Å². The second-order valence-corrected chi connectivity index (χ2v) is 6.55. The lowest BCUT2D eigenvalue weighted by atomic mass is 10.2. The third kappa shape index (κ3) is 3.72. The van der Waals surface area contributed by atoms with Gasteiger partial charge in [0.05, 0.1) is 4.88 Å². The van der Waals surface area contributed by atoms with Gasteiger partial charge in [-0.1, -0.05) is 12.1 Å². The number of halogens is 2. The highest BCUT2D eigenvalue weighted by atomic mass is 79.9. The second kappa shape index (κ2) is 6.98. The Bertz CT molecular complexity index is 889. The molecular formula is C16H10BrFN2O3S. The molecule has 0 aliphatic rings. The summed E-state index contributed by atoms with van der Waals surface area (Å²) in [4.78, 5) is 25.1. The first kappa shape index (κ1) is 16.4. The van der Waals surface area contributed by atoms with Gasteiger partial charge in [-0.05, 0) is 57.9 Å². The molecule has 5 nitrogen and oxygen atoms in total. The fourth-order valence-corrected chi connectivity index (χ4v) is 3.12. The third-order valence-corrected chi connectivity index (χ3v) is 4.60. The Hall–Kier alpha value is -2.45. The van der Waals surface area contributed by atoms with Gasteiger partial charge >= 0.3 is 5.91 Å². The maximum absolute atomic E-state index is 12.9. The van der Waals surface area contributed by atoms with Gasteiger partial charge in [0.15, 0.2) is 10.4 Å². The molecule has 8 heteroatoms. The van der Waals surface area contributed by atoms with E-state index in [0.29, 0.717) is 9.55 Å². The van der Waals surface area contributed by atoms with Gasteiger partial charge in [-0.25, -0.2) is 4.39 Å². The average molecular weight is 409 g/mol. The van der Waals surface area contributed by atoms with Crippen molar-refractivity contribution in [2.24, 2.45) is 0 Å². The van der Waals surface area contributed by atoms with E-state index >= 15 is 0 Å². The zero-order valence-electron chi connectivity index (χ0n) is 12.0. The van der Waals surface area contributed by atoms with Crippen LogP contribution in [-0.4, -0.2) is 11.8 Å². The first-order chi connectivity index (χ1) is 11.5. The molecule has 1 aromatic carbocycles. The lowest BCUT2D eigenvalue weighted by Crippen LogP contribution is -2.41. The predicted molar refractivity (Wildman–Crippen MR) is 91.1 cm³/mol. The van der Waals surface area contributed by atoms with Crippen LogP contribution in [-0.2, 0) is 0 Å². The number of nitrogens with one attached hydrogen (secondary N) is 2. The van der Waals surface area contributed by atoms with Gasteiger partial charge < -0.3 is 4.42 Å². The largest absolute Gasteiger partial charge is 0.444 e. The Labute approximate surface area is 148 Å². The number of carbonyl (C=O) groups is 2. The van der Waals surface area contributed by atoms with Gasteiger partial charge in [0.1, 0.15) is 5.82 Å². The minimum Gasteiger partial charge on any atom is -0.444 e. The monoisotopic (exact) mass is 408 g/mol. The number of hydrogen-bond acceptors (Lipinski definition) is 4. The highest BCUT2D eigenvalue weighted by molar-refractivity contribution is 9.10. The van der Waals surface area contributed by atoms with E-state index in [9.17, 15) is 14.0 Å². The van der Waals surface area contributed by atoms with Gasteiger partial charge in [-0.3, -0.25) is 20.4 Å². The summed E-state index contributed by atoms with van der Waals surface area (Å²) in [7, 11) is 0. The fourth-order valence-electron chi connectivity index (χ4n) is 1.90. The number of thiophene rings is 1. The highest BCUT2D eigenvalue weighted by Gasteiger charge is 2.14. The topological polar surface area (TPSA) is 71.3 Å². The molecule has 0 aliphatic heterocycles. The standard InChI is InChI=1S/C16H10BrFN2O3S/c17-14-8-5-11(23-14)15(21)19-20-16(22)13-7-6-12(24-13)9-1-3-10(18)4-2-9/h1-8H,(H,19,21)(H,20,22). The number of carbonyl (C=O) groups excluding carboxylic acids is 2. The molecule has 0 fully saturated rings. The molecule has 3 rings (SSSR count). The normalized spacial score (nSPS) is 10.4. The van der Waals surface area contributed by atoms with E-state index in [2.05, 4.69) is 26.8 Å². The maximum atomic E-state index is 12.9. The molecule has 0 unspecified atom stereocenters. The number of amides is 2. The van der Waals surface area contributed by atoms with Crippen LogP contribution >= 0.6 is 27.3 Å². The maximum Gasteiger partial charge on any atom is 0.305 e. The summed E-state index contributed by atoms with van der Waals surface area (Å²) >= 11 is 4.33. The Balaban J connectivity index is 1.63. The molecule has 0 atom stereocenters. The van der Waals surface area contributed by atoms with Crippen molar-refractivity contribution in [3.8, 4) is 10.4 Å². The van der Waals surface area contributed by atoms with Crippen molar-refractivity contribution in [1.29, 1.82) is 0 Å². The van der Waals surface area contributed by atoms with E-state index in [1.807, 2.05) is 0 Å². The summed E-state index contributed by atoms with van der Waals surface area (Å²) in [5.74, 6) is -1.27. The lowest BCUT2D eigenvalue weighted by molar-refractivity contribution is 0.0832. The van der Waals surface area contributed by atoms with E-state index in [1.165, 1.54) is 29.5 Å². The number of furan rings is 1. The van der Waals surface area contributed by atoms with Crippen LogP contribution in [0, 0.1) is 5.82 Å². The molecule has 0 saturated carbocycles. The first-order valence-electron chi connectivity index (χ1n) is 6.75. The molecule has 2 amide bonds. The molecule has 3 aromatic rings. The first-order valence-corrected chi connectivity index (χ1v) is 8.35. The molecule has 24 heavy (non-hydrogen) atoms. The zero-order chi connectivity index (χ0) is 17.1. The van der Waals surface area contributed by atoms with Gasteiger partial charge in [0.2, 0.25) is 0 Å². The molecule has 2 aromatic heterocycles. The quantitative estimate of drug-likeness (QED) is 0.643. The number of hydrogen-bond donors (Lipinski definition) is 2. The van der Waals surface area contributed by atoms with Crippen molar-refractivity contribution >= 4 is 39.1 Å². The molecule has 2 heterocycles. The molecule has 0 aliphatic carbocycles. The summed E-state index contributed by atoms with van der Waals surface area (Å²) in [5.41, 5.74) is 5.40. The summed E-state index contributed by atoms with van der Waals surface area (Å²) in [5, 5.41) is 0. The SMILES string of the molecule is O=C(NNC(=O)c1ccc(-c2ccc(F)cc2)s1)c1ccc(Br)o1. The molecular weight excluding hydrogens is 399 g/mol. The van der Waals surface area contributed by atoms with Gasteiger partial charge in [-0.2, -0.15) is 0 Å². The van der Waals surface area contributed by atoms with E-state index in [-0.39, 0.29) is 11.6 Å².